The molecule has 1 amide bonds. The van der Waals surface area contributed by atoms with Gasteiger partial charge in [0.25, 0.3) is 15.9 Å². The lowest BCUT2D eigenvalue weighted by atomic mass is 10.0. The van der Waals surface area contributed by atoms with E-state index in [0.717, 1.165) is 23.3 Å². The molecule has 3 heterocycles. The van der Waals surface area contributed by atoms with Crippen molar-refractivity contribution >= 4 is 38.7 Å². The van der Waals surface area contributed by atoms with Crippen molar-refractivity contribution in [2.45, 2.75) is 4.90 Å². The van der Waals surface area contributed by atoms with Crippen LogP contribution in [0.5, 0.6) is 5.88 Å². The van der Waals surface area contributed by atoms with Gasteiger partial charge < -0.3 is 9.14 Å². The Morgan fingerprint density at radius 2 is 1.92 bits per heavy atom. The van der Waals surface area contributed by atoms with Crippen molar-refractivity contribution < 1.29 is 31.6 Å². The van der Waals surface area contributed by atoms with Crippen molar-refractivity contribution in [3.63, 3.8) is 0 Å². The number of ether oxygens (including phenoxy) is 1. The number of carbonyl (C=O) groups excluding carboxylic acids is 1. The molecule has 0 bridgehead atoms. The summed E-state index contributed by atoms with van der Waals surface area (Å²) in [5.74, 6) is -2.88. The lowest BCUT2D eigenvalue weighted by Gasteiger charge is -2.14. The van der Waals surface area contributed by atoms with E-state index in [1.807, 2.05) is 0 Å². The number of sulfonamides is 1. The summed E-state index contributed by atoms with van der Waals surface area (Å²) in [6.07, 6.45) is 3.85. The van der Waals surface area contributed by atoms with Gasteiger partial charge in [0, 0.05) is 25.0 Å². The van der Waals surface area contributed by atoms with Gasteiger partial charge in [0.2, 0.25) is 5.88 Å². The number of nitrogens with one attached hydrogen (secondary N) is 1. The minimum Gasteiger partial charge on any atom is -0.480 e. The predicted molar refractivity (Wildman–Crippen MR) is 126 cm³/mol. The fourth-order valence-corrected chi connectivity index (χ4v) is 4.82. The van der Waals surface area contributed by atoms with Crippen LogP contribution in [-0.2, 0) is 14.9 Å². The van der Waals surface area contributed by atoms with E-state index in [9.17, 15) is 17.6 Å². The zero-order valence-corrected chi connectivity index (χ0v) is 20.6. The maximum atomic E-state index is 15.5. The number of aromatic nitrogens is 3. The highest BCUT2D eigenvalue weighted by atomic mass is 35.5. The number of imidazole rings is 1. The number of fused-ring (bicyclic) bond motifs is 1. The molecular formula is C22H18ClF2N5O5S. The molecule has 0 saturated carbocycles. The van der Waals surface area contributed by atoms with E-state index in [-0.39, 0.29) is 22.2 Å². The van der Waals surface area contributed by atoms with Gasteiger partial charge in [-0.25, -0.2) is 32.2 Å². The quantitative estimate of drug-likeness (QED) is 0.357. The Hall–Kier alpha value is -3.81. The molecule has 0 radical (unpaired) electrons. The van der Waals surface area contributed by atoms with Gasteiger partial charge in [0.1, 0.15) is 12.1 Å². The number of benzene rings is 1. The van der Waals surface area contributed by atoms with Crippen LogP contribution in [0.15, 0.2) is 53.9 Å². The van der Waals surface area contributed by atoms with Crippen LogP contribution in [0.3, 0.4) is 0 Å². The third-order valence-corrected chi connectivity index (χ3v) is 6.75. The largest absolute Gasteiger partial charge is 0.480 e. The predicted octanol–water partition coefficient (Wildman–Crippen LogP) is 3.77. The van der Waals surface area contributed by atoms with E-state index in [1.54, 1.807) is 0 Å². The number of hydrogen-bond acceptors (Lipinski definition) is 7. The monoisotopic (exact) mass is 537 g/mol. The zero-order valence-electron chi connectivity index (χ0n) is 19.0. The van der Waals surface area contributed by atoms with E-state index < -0.39 is 43.7 Å². The molecule has 0 aliphatic carbocycles. The Labute approximate surface area is 209 Å². The Morgan fingerprint density at radius 3 is 2.61 bits per heavy atom. The van der Waals surface area contributed by atoms with Gasteiger partial charge in [-0.2, -0.15) is 0 Å². The van der Waals surface area contributed by atoms with Gasteiger partial charge in [0.15, 0.2) is 16.4 Å². The number of methoxy groups -OCH3 is 1. The van der Waals surface area contributed by atoms with E-state index >= 15 is 4.39 Å². The Kier molecular flexibility index (Phi) is 6.80. The molecule has 4 aromatic rings. The summed E-state index contributed by atoms with van der Waals surface area (Å²) < 4.78 is 64.5. The molecule has 36 heavy (non-hydrogen) atoms. The standard InChI is InChI=1S/C22H18ClF2N5O5S/c1-29(35-3)22(31)20-16-7-4-12(10-30(16)11-27-20)18-14(24)5-6-15(19(18)25)28-36(32,33)17-8-13(23)9-26-21(17)34-2/h4-11,28H,1-3H3. The van der Waals surface area contributed by atoms with Crippen molar-refractivity contribution in [3.05, 3.63) is 71.4 Å². The molecule has 0 spiro atoms. The second kappa shape index (κ2) is 9.68. The first kappa shape index (κ1) is 25.3. The van der Waals surface area contributed by atoms with Crippen LogP contribution in [0.1, 0.15) is 10.5 Å². The molecule has 0 aliphatic heterocycles. The van der Waals surface area contributed by atoms with Crippen LogP contribution in [-0.4, -0.2) is 55.0 Å². The van der Waals surface area contributed by atoms with Crippen molar-refractivity contribution in [1.29, 1.82) is 0 Å². The van der Waals surface area contributed by atoms with Crippen molar-refractivity contribution in [2.75, 3.05) is 26.0 Å². The third kappa shape index (κ3) is 4.55. The van der Waals surface area contributed by atoms with Crippen LogP contribution < -0.4 is 9.46 Å². The van der Waals surface area contributed by atoms with Crippen LogP contribution in [0.25, 0.3) is 16.6 Å². The number of hydrogen-bond donors (Lipinski definition) is 1. The van der Waals surface area contributed by atoms with Gasteiger partial charge in [0.05, 0.1) is 36.0 Å². The number of hydroxylamine groups is 2. The lowest BCUT2D eigenvalue weighted by molar-refractivity contribution is -0.0758. The first-order valence-corrected chi connectivity index (χ1v) is 11.9. The number of amides is 1. The molecule has 0 saturated heterocycles. The second-order valence-corrected chi connectivity index (χ2v) is 9.43. The van der Waals surface area contributed by atoms with Crippen LogP contribution in [0.4, 0.5) is 14.5 Å². The van der Waals surface area contributed by atoms with Gasteiger partial charge in [-0.15, -0.1) is 0 Å². The Balaban J connectivity index is 1.75. The summed E-state index contributed by atoms with van der Waals surface area (Å²) in [5, 5.41) is 0.995. The van der Waals surface area contributed by atoms with Gasteiger partial charge in [-0.3, -0.25) is 14.4 Å². The number of anilines is 1. The van der Waals surface area contributed by atoms with E-state index in [4.69, 9.17) is 21.2 Å². The zero-order chi connectivity index (χ0) is 26.2. The fourth-order valence-electron chi connectivity index (χ4n) is 3.39. The number of nitrogens with zero attached hydrogens (tertiary/aromatic N) is 4. The number of rotatable bonds is 7. The van der Waals surface area contributed by atoms with Crippen LogP contribution in [0.2, 0.25) is 5.02 Å². The summed E-state index contributed by atoms with van der Waals surface area (Å²) in [5.41, 5.74) is -0.513. The molecule has 0 aliphatic rings. The molecular weight excluding hydrogens is 520 g/mol. The van der Waals surface area contributed by atoms with Gasteiger partial charge >= 0.3 is 0 Å². The molecule has 0 fully saturated rings. The third-order valence-electron chi connectivity index (χ3n) is 5.19. The maximum Gasteiger partial charge on any atom is 0.297 e. The highest BCUT2D eigenvalue weighted by Gasteiger charge is 2.25. The minimum atomic E-state index is -4.42. The average Bonchev–Trinajstić information content (AvgIpc) is 3.28. The highest BCUT2D eigenvalue weighted by Crippen LogP contribution is 2.33. The summed E-state index contributed by atoms with van der Waals surface area (Å²) >= 11 is 5.86. The smallest absolute Gasteiger partial charge is 0.297 e. The van der Waals surface area contributed by atoms with E-state index in [0.29, 0.717) is 5.52 Å². The first-order valence-electron chi connectivity index (χ1n) is 10.1. The average molecular weight is 538 g/mol. The summed E-state index contributed by atoms with van der Waals surface area (Å²) in [7, 11) is -0.475. The molecule has 1 N–H and O–H groups in total. The van der Waals surface area contributed by atoms with Crippen molar-refractivity contribution in [2.24, 2.45) is 0 Å². The maximum absolute atomic E-state index is 15.5. The van der Waals surface area contributed by atoms with Gasteiger partial charge in [-0.1, -0.05) is 17.7 Å². The molecule has 0 atom stereocenters. The molecule has 4 rings (SSSR count). The minimum absolute atomic E-state index is 0.0135. The topological polar surface area (TPSA) is 115 Å². The normalized spacial score (nSPS) is 11.5. The summed E-state index contributed by atoms with van der Waals surface area (Å²) in [4.78, 5) is 24.7. The van der Waals surface area contributed by atoms with E-state index in [1.165, 1.54) is 56.5 Å². The van der Waals surface area contributed by atoms with Crippen molar-refractivity contribution in [1.82, 2.24) is 19.4 Å². The second-order valence-electron chi connectivity index (χ2n) is 7.34. The summed E-state index contributed by atoms with van der Waals surface area (Å²) in [6.45, 7) is 0. The Morgan fingerprint density at radius 1 is 1.17 bits per heavy atom. The first-order chi connectivity index (χ1) is 17.1. The molecule has 1 aromatic carbocycles. The highest BCUT2D eigenvalue weighted by molar-refractivity contribution is 7.92. The number of halogens is 3. The Bertz CT molecular complexity index is 1600. The van der Waals surface area contributed by atoms with Crippen molar-refractivity contribution in [3.8, 4) is 17.0 Å². The van der Waals surface area contributed by atoms with E-state index in [2.05, 4.69) is 14.7 Å². The van der Waals surface area contributed by atoms with Crippen LogP contribution in [0, 0.1) is 11.6 Å². The molecule has 0 unspecified atom stereocenters. The fraction of sp³-hybridized carbons (Fsp3) is 0.136. The molecule has 10 nitrogen and oxygen atoms in total. The van der Waals surface area contributed by atoms with Crippen LogP contribution >= 0.6 is 11.6 Å². The molecule has 188 valence electrons. The number of pyridine rings is 2. The summed E-state index contributed by atoms with van der Waals surface area (Å²) in [6, 6.07) is 5.79. The van der Waals surface area contributed by atoms with Gasteiger partial charge in [-0.05, 0) is 24.3 Å². The molecule has 3 aromatic heterocycles. The SMILES string of the molecule is COc1ncc(Cl)cc1S(=O)(=O)Nc1ccc(F)c(-c2ccc3c(C(=O)N(C)OC)ncn3c2)c1F. The lowest BCUT2D eigenvalue weighted by Crippen LogP contribution is -2.25. The number of carbonyl (C=O) groups is 1. The molecule has 14 heteroatoms.